The van der Waals surface area contributed by atoms with Gasteiger partial charge in [0.15, 0.2) is 0 Å². The van der Waals surface area contributed by atoms with Gasteiger partial charge in [-0.2, -0.15) is 0 Å². The summed E-state index contributed by atoms with van der Waals surface area (Å²) in [5, 5.41) is 1.73. The number of nitrogens with two attached hydrogens (primary N) is 1. The van der Waals surface area contributed by atoms with Gasteiger partial charge in [-0.3, -0.25) is 4.90 Å². The van der Waals surface area contributed by atoms with Gasteiger partial charge in [0.2, 0.25) is 0 Å². The lowest BCUT2D eigenvalue weighted by atomic mass is 10.3. The lowest BCUT2D eigenvalue weighted by molar-refractivity contribution is -0.143. The lowest BCUT2D eigenvalue weighted by Gasteiger charge is -2.29. The van der Waals surface area contributed by atoms with E-state index >= 15 is 0 Å². The number of hydrogen-bond acceptors (Lipinski definition) is 4. The highest BCUT2D eigenvalue weighted by Gasteiger charge is 2.33. The van der Waals surface area contributed by atoms with E-state index in [4.69, 9.17) is 10.6 Å². The minimum atomic E-state index is -0.698. The number of nitrogens with zero attached hydrogens (tertiary/aromatic N) is 2. The molecule has 0 aromatic carbocycles. The van der Waals surface area contributed by atoms with E-state index in [1.54, 1.807) is 5.06 Å². The first kappa shape index (κ1) is 9.73. The molecule has 80 valence electrons. The van der Waals surface area contributed by atoms with Crippen molar-refractivity contribution in [2.45, 2.75) is 31.8 Å². The van der Waals surface area contributed by atoms with Gasteiger partial charge in [-0.25, -0.2) is 4.79 Å². The molecule has 0 bridgehead atoms. The quantitative estimate of drug-likeness (QED) is 0.704. The standard InChI is InChI=1S/C9H17N3O2/c10-9(13)14-12-7-3-4-8(12)11-5-1-2-6-11/h8H,1-7H2,(H2,10,13). The van der Waals surface area contributed by atoms with Crippen LogP contribution < -0.4 is 5.73 Å². The molecule has 2 saturated heterocycles. The highest BCUT2D eigenvalue weighted by molar-refractivity contribution is 5.64. The Labute approximate surface area is 83.7 Å². The Morgan fingerprint density at radius 3 is 2.57 bits per heavy atom. The summed E-state index contributed by atoms with van der Waals surface area (Å²) < 4.78 is 0. The topological polar surface area (TPSA) is 58.8 Å². The molecular weight excluding hydrogens is 182 g/mol. The Balaban J connectivity index is 1.92. The second-order valence-electron chi connectivity index (χ2n) is 3.92. The highest BCUT2D eigenvalue weighted by Crippen LogP contribution is 2.24. The van der Waals surface area contributed by atoms with Gasteiger partial charge in [-0.1, -0.05) is 0 Å². The van der Waals surface area contributed by atoms with Crippen LogP contribution in [0.15, 0.2) is 0 Å². The molecule has 0 spiro atoms. The predicted octanol–water partition coefficient (Wildman–Crippen LogP) is 0.514. The third-order valence-electron chi connectivity index (χ3n) is 2.94. The van der Waals surface area contributed by atoms with Crippen LogP contribution in [0.1, 0.15) is 25.7 Å². The maximum Gasteiger partial charge on any atom is 0.423 e. The van der Waals surface area contributed by atoms with Crippen LogP contribution in [0.5, 0.6) is 0 Å². The Hall–Kier alpha value is -0.810. The van der Waals surface area contributed by atoms with Crippen LogP contribution in [0.2, 0.25) is 0 Å². The van der Waals surface area contributed by atoms with Gasteiger partial charge in [0.25, 0.3) is 0 Å². The van der Waals surface area contributed by atoms with Crippen molar-refractivity contribution in [2.24, 2.45) is 5.73 Å². The number of likely N-dealkylation sites (tertiary alicyclic amines) is 1. The summed E-state index contributed by atoms with van der Waals surface area (Å²) >= 11 is 0. The van der Waals surface area contributed by atoms with Crippen molar-refractivity contribution >= 4 is 6.09 Å². The largest absolute Gasteiger partial charge is 0.423 e. The van der Waals surface area contributed by atoms with Gasteiger partial charge in [-0.05, 0) is 38.8 Å². The van der Waals surface area contributed by atoms with E-state index in [-0.39, 0.29) is 6.17 Å². The zero-order valence-corrected chi connectivity index (χ0v) is 8.32. The van der Waals surface area contributed by atoms with E-state index in [0.717, 1.165) is 32.5 Å². The molecule has 2 rings (SSSR count). The number of amides is 1. The van der Waals surface area contributed by atoms with Crippen molar-refractivity contribution in [2.75, 3.05) is 19.6 Å². The minimum Gasteiger partial charge on any atom is -0.350 e. The zero-order valence-electron chi connectivity index (χ0n) is 8.32. The third kappa shape index (κ3) is 1.99. The molecule has 1 unspecified atom stereocenters. The van der Waals surface area contributed by atoms with Gasteiger partial charge in [-0.15, -0.1) is 5.06 Å². The van der Waals surface area contributed by atoms with E-state index in [0.29, 0.717) is 0 Å². The first-order chi connectivity index (χ1) is 6.77. The van der Waals surface area contributed by atoms with Crippen molar-refractivity contribution < 1.29 is 9.63 Å². The number of carbonyl (C=O) groups excluding carboxylic acids is 1. The van der Waals surface area contributed by atoms with Gasteiger partial charge < -0.3 is 10.6 Å². The monoisotopic (exact) mass is 199 g/mol. The highest BCUT2D eigenvalue weighted by atomic mass is 16.7. The first-order valence-corrected chi connectivity index (χ1v) is 5.25. The molecule has 14 heavy (non-hydrogen) atoms. The van der Waals surface area contributed by atoms with Crippen LogP contribution >= 0.6 is 0 Å². The molecule has 2 aliphatic rings. The summed E-state index contributed by atoms with van der Waals surface area (Å²) in [6, 6.07) is 0. The summed E-state index contributed by atoms with van der Waals surface area (Å²) in [5.41, 5.74) is 5.01. The Kier molecular flexibility index (Phi) is 2.88. The number of hydrogen-bond donors (Lipinski definition) is 1. The lowest BCUT2D eigenvalue weighted by Crippen LogP contribution is -2.44. The maximum absolute atomic E-state index is 10.7. The summed E-state index contributed by atoms with van der Waals surface area (Å²) in [6.07, 6.45) is 4.23. The first-order valence-electron chi connectivity index (χ1n) is 5.25. The molecule has 2 N–H and O–H groups in total. The molecule has 5 nitrogen and oxygen atoms in total. The van der Waals surface area contributed by atoms with Crippen molar-refractivity contribution in [3.8, 4) is 0 Å². The van der Waals surface area contributed by atoms with Crippen LogP contribution in [-0.2, 0) is 4.84 Å². The van der Waals surface area contributed by atoms with E-state index in [2.05, 4.69) is 4.90 Å². The van der Waals surface area contributed by atoms with Crippen LogP contribution in [-0.4, -0.2) is 41.9 Å². The Morgan fingerprint density at radius 1 is 1.21 bits per heavy atom. The summed E-state index contributed by atoms with van der Waals surface area (Å²) in [7, 11) is 0. The van der Waals surface area contributed by atoms with Crippen molar-refractivity contribution in [1.29, 1.82) is 0 Å². The molecule has 5 heteroatoms. The molecule has 2 heterocycles. The fourth-order valence-corrected chi connectivity index (χ4v) is 2.35. The van der Waals surface area contributed by atoms with Crippen molar-refractivity contribution in [3.05, 3.63) is 0 Å². The smallest absolute Gasteiger partial charge is 0.350 e. The van der Waals surface area contributed by atoms with Crippen LogP contribution in [0, 0.1) is 0 Å². The SMILES string of the molecule is NC(=O)ON1CCCC1N1CCCC1. The molecular formula is C9H17N3O2. The second-order valence-corrected chi connectivity index (χ2v) is 3.92. The van der Waals surface area contributed by atoms with E-state index in [9.17, 15) is 4.79 Å². The molecule has 0 saturated carbocycles. The third-order valence-corrected chi connectivity index (χ3v) is 2.94. The van der Waals surface area contributed by atoms with Crippen molar-refractivity contribution in [3.63, 3.8) is 0 Å². The van der Waals surface area contributed by atoms with E-state index in [1.807, 2.05) is 0 Å². The minimum absolute atomic E-state index is 0.269. The fourth-order valence-electron chi connectivity index (χ4n) is 2.35. The van der Waals surface area contributed by atoms with Gasteiger partial charge in [0, 0.05) is 6.54 Å². The Morgan fingerprint density at radius 2 is 1.93 bits per heavy atom. The average molecular weight is 199 g/mol. The Bertz CT molecular complexity index is 216. The zero-order chi connectivity index (χ0) is 9.97. The molecule has 2 aliphatic heterocycles. The number of carbonyl (C=O) groups is 1. The van der Waals surface area contributed by atoms with E-state index in [1.165, 1.54) is 12.8 Å². The van der Waals surface area contributed by atoms with Gasteiger partial charge >= 0.3 is 6.09 Å². The molecule has 0 aromatic heterocycles. The van der Waals surface area contributed by atoms with E-state index < -0.39 is 6.09 Å². The van der Waals surface area contributed by atoms with Crippen molar-refractivity contribution in [1.82, 2.24) is 9.96 Å². The molecule has 0 aliphatic carbocycles. The second kappa shape index (κ2) is 4.14. The van der Waals surface area contributed by atoms with Gasteiger partial charge in [0.1, 0.15) is 0 Å². The number of primary amides is 1. The number of rotatable bonds is 2. The molecule has 1 amide bonds. The molecule has 1 atom stereocenters. The van der Waals surface area contributed by atoms with Crippen LogP contribution in [0.3, 0.4) is 0 Å². The molecule has 0 aromatic rings. The number of hydroxylamine groups is 2. The summed E-state index contributed by atoms with van der Waals surface area (Å²) in [5.74, 6) is 0. The summed E-state index contributed by atoms with van der Waals surface area (Å²) in [6.45, 7) is 3.04. The normalized spacial score (nSPS) is 29.6. The van der Waals surface area contributed by atoms with Crippen LogP contribution in [0.4, 0.5) is 4.79 Å². The molecule has 0 radical (unpaired) electrons. The summed E-state index contributed by atoms with van der Waals surface area (Å²) in [4.78, 5) is 18.0. The fraction of sp³-hybridized carbons (Fsp3) is 0.889. The average Bonchev–Trinajstić information content (AvgIpc) is 2.70. The van der Waals surface area contributed by atoms with Gasteiger partial charge in [0.05, 0.1) is 6.17 Å². The molecule has 2 fully saturated rings. The predicted molar refractivity (Wildman–Crippen MR) is 51.2 cm³/mol. The maximum atomic E-state index is 10.7. The van der Waals surface area contributed by atoms with Crippen LogP contribution in [0.25, 0.3) is 0 Å².